The molecule has 5 heteroatoms. The van der Waals surface area contributed by atoms with E-state index in [1.807, 2.05) is 31.2 Å². The molecule has 1 rings (SSSR count). The lowest BCUT2D eigenvalue weighted by atomic mass is 10.1. The second kappa shape index (κ2) is 6.02. The maximum absolute atomic E-state index is 4.91. The molecule has 0 aliphatic carbocycles. The predicted molar refractivity (Wildman–Crippen MR) is 76.2 cm³/mol. The molecule has 0 amide bonds. The maximum Gasteiger partial charge on any atom is 0.186 e. The van der Waals surface area contributed by atoms with Crippen molar-refractivity contribution in [1.29, 1.82) is 0 Å². The Morgan fingerprint density at radius 3 is 2.47 bits per heavy atom. The lowest BCUT2D eigenvalue weighted by molar-refractivity contribution is 0.974. The number of rotatable bonds is 2. The topological polar surface area (TPSA) is 36.4 Å². The van der Waals surface area contributed by atoms with E-state index in [1.165, 1.54) is 3.57 Å². The van der Waals surface area contributed by atoms with Crippen LogP contribution in [0.3, 0.4) is 0 Å². The van der Waals surface area contributed by atoms with E-state index in [1.54, 1.807) is 7.05 Å². The van der Waals surface area contributed by atoms with Crippen LogP contribution in [0, 0.1) is 3.57 Å². The maximum atomic E-state index is 4.91. The molecular formula is C10H12IN3S. The van der Waals surface area contributed by atoms with E-state index < -0.39 is 0 Å². The van der Waals surface area contributed by atoms with Gasteiger partial charge in [0.25, 0.3) is 0 Å². The van der Waals surface area contributed by atoms with Crippen molar-refractivity contribution in [3.05, 3.63) is 33.4 Å². The number of hydrogen-bond donors (Lipinski definition) is 2. The van der Waals surface area contributed by atoms with Gasteiger partial charge in [-0.05, 0) is 59.4 Å². The first-order chi connectivity index (χ1) is 7.13. The second-order valence-corrected chi connectivity index (χ2v) is 4.55. The van der Waals surface area contributed by atoms with Gasteiger partial charge in [-0.3, -0.25) is 5.43 Å². The number of nitrogens with zero attached hydrogens (tertiary/aromatic N) is 1. The fourth-order valence-electron chi connectivity index (χ4n) is 0.946. The van der Waals surface area contributed by atoms with E-state index in [9.17, 15) is 0 Å². The molecule has 80 valence electrons. The highest BCUT2D eigenvalue weighted by atomic mass is 127. The van der Waals surface area contributed by atoms with E-state index in [0.29, 0.717) is 5.11 Å². The van der Waals surface area contributed by atoms with Gasteiger partial charge in [0.05, 0.1) is 5.71 Å². The summed E-state index contributed by atoms with van der Waals surface area (Å²) in [4.78, 5) is 0. The Morgan fingerprint density at radius 1 is 1.33 bits per heavy atom. The Balaban J connectivity index is 2.71. The van der Waals surface area contributed by atoms with Crippen molar-refractivity contribution in [2.45, 2.75) is 6.92 Å². The Kier molecular flexibility index (Phi) is 4.97. The van der Waals surface area contributed by atoms with Gasteiger partial charge in [-0.1, -0.05) is 12.1 Å². The Morgan fingerprint density at radius 2 is 1.93 bits per heavy atom. The summed E-state index contributed by atoms with van der Waals surface area (Å²) in [6.45, 7) is 1.94. The predicted octanol–water partition coefficient (Wildman–Crippen LogP) is 2.11. The van der Waals surface area contributed by atoms with Crippen molar-refractivity contribution in [1.82, 2.24) is 10.7 Å². The fourth-order valence-corrected chi connectivity index (χ4v) is 1.35. The first kappa shape index (κ1) is 12.4. The molecular weight excluding hydrogens is 321 g/mol. The summed E-state index contributed by atoms with van der Waals surface area (Å²) in [7, 11) is 1.76. The second-order valence-electron chi connectivity index (χ2n) is 2.90. The summed E-state index contributed by atoms with van der Waals surface area (Å²) >= 11 is 7.19. The van der Waals surface area contributed by atoms with Crippen LogP contribution in [0.25, 0.3) is 0 Å². The molecule has 0 radical (unpaired) electrons. The van der Waals surface area contributed by atoms with Crippen LogP contribution >= 0.6 is 34.8 Å². The molecule has 15 heavy (non-hydrogen) atoms. The van der Waals surface area contributed by atoms with E-state index in [2.05, 4.69) is 38.4 Å². The zero-order chi connectivity index (χ0) is 11.3. The molecule has 1 aromatic rings. The zero-order valence-electron chi connectivity index (χ0n) is 8.54. The van der Waals surface area contributed by atoms with Crippen molar-refractivity contribution in [3.63, 3.8) is 0 Å². The molecule has 0 aromatic heterocycles. The van der Waals surface area contributed by atoms with Crippen LogP contribution < -0.4 is 10.7 Å². The molecule has 1 aromatic carbocycles. The highest BCUT2D eigenvalue weighted by molar-refractivity contribution is 14.1. The molecule has 0 atom stereocenters. The molecule has 0 saturated heterocycles. The van der Waals surface area contributed by atoms with Crippen molar-refractivity contribution in [2.75, 3.05) is 7.05 Å². The SMILES string of the molecule is CNC(=S)N/N=C(\C)c1ccc(I)cc1. The van der Waals surface area contributed by atoms with Gasteiger partial charge in [-0.15, -0.1) is 0 Å². The van der Waals surface area contributed by atoms with Crippen LogP contribution in [0.5, 0.6) is 0 Å². The third-order valence-electron chi connectivity index (χ3n) is 1.81. The monoisotopic (exact) mass is 333 g/mol. The van der Waals surface area contributed by atoms with Crippen LogP contribution in [0.4, 0.5) is 0 Å². The van der Waals surface area contributed by atoms with Gasteiger partial charge in [-0.2, -0.15) is 5.10 Å². The summed E-state index contributed by atoms with van der Waals surface area (Å²) in [5.41, 5.74) is 4.74. The van der Waals surface area contributed by atoms with Gasteiger partial charge in [-0.25, -0.2) is 0 Å². The normalized spacial score (nSPS) is 11.0. The number of hydrogen-bond acceptors (Lipinski definition) is 2. The van der Waals surface area contributed by atoms with Gasteiger partial charge in [0.1, 0.15) is 0 Å². The van der Waals surface area contributed by atoms with Crippen LogP contribution in [0.2, 0.25) is 0 Å². The average molecular weight is 333 g/mol. The van der Waals surface area contributed by atoms with Crippen molar-refractivity contribution in [3.8, 4) is 0 Å². The van der Waals surface area contributed by atoms with Crippen LogP contribution in [0.15, 0.2) is 29.4 Å². The highest BCUT2D eigenvalue weighted by Crippen LogP contribution is 2.07. The van der Waals surface area contributed by atoms with Crippen molar-refractivity contribution < 1.29 is 0 Å². The standard InChI is InChI=1S/C10H12IN3S/c1-7(13-14-10(15)12-2)8-3-5-9(11)6-4-8/h3-6H,1-2H3,(H2,12,14,15)/b13-7+. The quantitative estimate of drug-likeness (QED) is 0.377. The smallest absolute Gasteiger partial charge is 0.186 e. The number of benzene rings is 1. The lowest BCUT2D eigenvalue weighted by Gasteiger charge is -2.03. The summed E-state index contributed by atoms with van der Waals surface area (Å²) in [5, 5.41) is 7.46. The van der Waals surface area contributed by atoms with Gasteiger partial charge < -0.3 is 5.32 Å². The van der Waals surface area contributed by atoms with Crippen molar-refractivity contribution in [2.24, 2.45) is 5.10 Å². The largest absolute Gasteiger partial charge is 0.364 e. The van der Waals surface area contributed by atoms with E-state index in [-0.39, 0.29) is 0 Å². The van der Waals surface area contributed by atoms with Crippen LogP contribution in [-0.2, 0) is 0 Å². The Hall–Kier alpha value is -0.690. The number of hydrazone groups is 1. The summed E-state index contributed by atoms with van der Waals surface area (Å²) in [6, 6.07) is 8.16. The van der Waals surface area contributed by atoms with Crippen molar-refractivity contribution >= 4 is 45.6 Å². The van der Waals surface area contributed by atoms with E-state index in [4.69, 9.17) is 12.2 Å². The fraction of sp³-hybridized carbons (Fsp3) is 0.200. The minimum absolute atomic E-state index is 0.514. The molecule has 0 spiro atoms. The van der Waals surface area contributed by atoms with Gasteiger partial charge >= 0.3 is 0 Å². The number of halogens is 1. The number of thiocarbonyl (C=S) groups is 1. The first-order valence-corrected chi connectivity index (χ1v) is 5.90. The minimum Gasteiger partial charge on any atom is -0.364 e. The summed E-state index contributed by atoms with van der Waals surface area (Å²) < 4.78 is 1.21. The Bertz CT molecular complexity index is 373. The zero-order valence-corrected chi connectivity index (χ0v) is 11.5. The van der Waals surface area contributed by atoms with Crippen LogP contribution in [-0.4, -0.2) is 17.9 Å². The third-order valence-corrected chi connectivity index (χ3v) is 2.83. The van der Waals surface area contributed by atoms with Crippen LogP contribution in [0.1, 0.15) is 12.5 Å². The van der Waals surface area contributed by atoms with E-state index in [0.717, 1.165) is 11.3 Å². The molecule has 3 nitrogen and oxygen atoms in total. The summed E-state index contributed by atoms with van der Waals surface area (Å²) in [5.74, 6) is 0. The molecule has 0 aliphatic heterocycles. The molecule has 0 heterocycles. The first-order valence-electron chi connectivity index (χ1n) is 4.41. The summed E-state index contributed by atoms with van der Waals surface area (Å²) in [6.07, 6.45) is 0. The molecule has 2 N–H and O–H groups in total. The molecule has 0 aliphatic rings. The van der Waals surface area contributed by atoms with Gasteiger partial charge in [0.15, 0.2) is 5.11 Å². The molecule has 0 unspecified atom stereocenters. The minimum atomic E-state index is 0.514. The van der Waals surface area contributed by atoms with Gasteiger partial charge in [0.2, 0.25) is 0 Å². The van der Waals surface area contributed by atoms with Gasteiger partial charge in [0, 0.05) is 10.6 Å². The molecule has 0 fully saturated rings. The highest BCUT2D eigenvalue weighted by Gasteiger charge is 1.97. The third kappa shape index (κ3) is 4.13. The van der Waals surface area contributed by atoms with E-state index >= 15 is 0 Å². The molecule has 0 bridgehead atoms. The average Bonchev–Trinajstić information content (AvgIpc) is 2.26. The lowest BCUT2D eigenvalue weighted by Crippen LogP contribution is -2.29. The molecule has 0 saturated carbocycles. The Labute approximate surface area is 108 Å². The number of nitrogens with one attached hydrogen (secondary N) is 2.